The van der Waals surface area contributed by atoms with Crippen molar-refractivity contribution < 1.29 is 14.7 Å². The normalized spacial score (nSPS) is 17.8. The summed E-state index contributed by atoms with van der Waals surface area (Å²) >= 11 is 0. The van der Waals surface area contributed by atoms with Crippen molar-refractivity contribution in [1.82, 2.24) is 10.6 Å². The maximum Gasteiger partial charge on any atom is 0.314 e. The largest absolute Gasteiger partial charge is 0.481 e. The van der Waals surface area contributed by atoms with Gasteiger partial charge < -0.3 is 15.7 Å². The van der Waals surface area contributed by atoms with E-state index in [0.717, 1.165) is 12.3 Å². The molecule has 1 atom stereocenters. The summed E-state index contributed by atoms with van der Waals surface area (Å²) < 4.78 is 0. The molecule has 116 valence electrons. The number of amides is 2. The monoisotopic (exact) mass is 284 g/mol. The Bertz CT molecular complexity index is 312. The molecule has 5 nitrogen and oxygen atoms in total. The molecule has 20 heavy (non-hydrogen) atoms. The molecule has 5 heteroatoms. The second kappa shape index (κ2) is 8.82. The second-order valence-corrected chi connectivity index (χ2v) is 6.12. The van der Waals surface area contributed by atoms with Gasteiger partial charge in [0.1, 0.15) is 0 Å². The van der Waals surface area contributed by atoms with E-state index in [2.05, 4.69) is 10.6 Å². The molecule has 1 fully saturated rings. The van der Waals surface area contributed by atoms with Crippen LogP contribution in [0.3, 0.4) is 0 Å². The number of hydrogen-bond donors (Lipinski definition) is 3. The molecule has 1 aliphatic rings. The number of rotatable bonds is 7. The predicted molar refractivity (Wildman–Crippen MR) is 78.6 cm³/mol. The molecule has 0 heterocycles. The maximum absolute atomic E-state index is 11.6. The van der Waals surface area contributed by atoms with E-state index in [9.17, 15) is 9.59 Å². The Kier molecular flexibility index (Phi) is 7.41. The molecule has 2 amide bonds. The first-order valence-electron chi connectivity index (χ1n) is 7.75. The van der Waals surface area contributed by atoms with Gasteiger partial charge in [-0.05, 0) is 18.3 Å². The molecule has 0 aromatic carbocycles. The van der Waals surface area contributed by atoms with Gasteiger partial charge in [-0.2, -0.15) is 0 Å². The van der Waals surface area contributed by atoms with Crippen LogP contribution in [0.1, 0.15) is 52.4 Å². The molecule has 0 radical (unpaired) electrons. The molecule has 0 bridgehead atoms. The molecule has 1 unspecified atom stereocenters. The van der Waals surface area contributed by atoms with Crippen molar-refractivity contribution in [2.24, 2.45) is 17.8 Å². The van der Waals surface area contributed by atoms with Gasteiger partial charge >= 0.3 is 12.0 Å². The van der Waals surface area contributed by atoms with Crippen molar-refractivity contribution in [2.45, 2.75) is 52.4 Å². The van der Waals surface area contributed by atoms with Crippen LogP contribution in [0.15, 0.2) is 0 Å². The van der Waals surface area contributed by atoms with E-state index in [1.54, 1.807) is 0 Å². The number of carbonyl (C=O) groups excluding carboxylic acids is 1. The molecule has 1 aliphatic carbocycles. The Morgan fingerprint density at radius 3 is 2.35 bits per heavy atom. The number of hydrogen-bond acceptors (Lipinski definition) is 2. The molecular formula is C15H28N2O3. The first kappa shape index (κ1) is 16.8. The van der Waals surface area contributed by atoms with Crippen molar-refractivity contribution in [3.8, 4) is 0 Å². The smallest absolute Gasteiger partial charge is 0.314 e. The van der Waals surface area contributed by atoms with Crippen LogP contribution >= 0.6 is 0 Å². The molecule has 0 aliphatic heterocycles. The fourth-order valence-electron chi connectivity index (χ4n) is 2.74. The van der Waals surface area contributed by atoms with Crippen molar-refractivity contribution in [2.75, 3.05) is 13.1 Å². The van der Waals surface area contributed by atoms with Crippen molar-refractivity contribution in [1.29, 1.82) is 0 Å². The van der Waals surface area contributed by atoms with Crippen molar-refractivity contribution in [3.63, 3.8) is 0 Å². The lowest BCUT2D eigenvalue weighted by Crippen LogP contribution is -2.41. The van der Waals surface area contributed by atoms with Crippen LogP contribution in [0.4, 0.5) is 4.79 Å². The Labute approximate surface area is 121 Å². The molecule has 0 spiro atoms. The topological polar surface area (TPSA) is 78.4 Å². The number of nitrogens with one attached hydrogen (secondary N) is 2. The van der Waals surface area contributed by atoms with Gasteiger partial charge in [0.25, 0.3) is 0 Å². The summed E-state index contributed by atoms with van der Waals surface area (Å²) in [5.74, 6) is -0.636. The Balaban J connectivity index is 2.14. The number of carboxylic acid groups (broad SMARTS) is 1. The summed E-state index contributed by atoms with van der Waals surface area (Å²) in [7, 11) is 0. The van der Waals surface area contributed by atoms with Gasteiger partial charge in [-0.3, -0.25) is 4.79 Å². The van der Waals surface area contributed by atoms with Crippen molar-refractivity contribution >= 4 is 12.0 Å². The highest BCUT2D eigenvalue weighted by Gasteiger charge is 2.21. The molecule has 3 N–H and O–H groups in total. The van der Waals surface area contributed by atoms with Gasteiger partial charge in [0.15, 0.2) is 0 Å². The molecule has 1 rings (SSSR count). The molecular weight excluding hydrogens is 256 g/mol. The van der Waals surface area contributed by atoms with E-state index in [-0.39, 0.29) is 18.5 Å². The lowest BCUT2D eigenvalue weighted by atomic mass is 9.87. The van der Waals surface area contributed by atoms with E-state index in [4.69, 9.17) is 5.11 Å². The summed E-state index contributed by atoms with van der Waals surface area (Å²) in [4.78, 5) is 22.6. The minimum Gasteiger partial charge on any atom is -0.481 e. The summed E-state index contributed by atoms with van der Waals surface area (Å²) in [5, 5.41) is 14.5. The van der Waals surface area contributed by atoms with Crippen molar-refractivity contribution in [3.05, 3.63) is 0 Å². The highest BCUT2D eigenvalue weighted by molar-refractivity contribution is 5.75. The van der Waals surface area contributed by atoms with Gasteiger partial charge in [0.2, 0.25) is 0 Å². The summed E-state index contributed by atoms with van der Waals surface area (Å²) in [6, 6.07) is -0.257. The highest BCUT2D eigenvalue weighted by Crippen LogP contribution is 2.25. The average Bonchev–Trinajstić information content (AvgIpc) is 2.39. The van der Waals surface area contributed by atoms with Crippen LogP contribution in [-0.4, -0.2) is 30.2 Å². The van der Waals surface area contributed by atoms with Crippen LogP contribution in [0, 0.1) is 17.8 Å². The SMILES string of the molecule is CC(C)C(CNC(=O)NCCC1CCCCC1)C(=O)O. The minimum absolute atomic E-state index is 0.00930. The van der Waals surface area contributed by atoms with Crippen LogP contribution < -0.4 is 10.6 Å². The van der Waals surface area contributed by atoms with Gasteiger partial charge in [-0.25, -0.2) is 4.79 Å². The third kappa shape index (κ3) is 6.26. The fraction of sp³-hybridized carbons (Fsp3) is 0.867. The molecule has 0 aromatic heterocycles. The predicted octanol–water partition coefficient (Wildman–Crippen LogP) is 2.61. The maximum atomic E-state index is 11.6. The fourth-order valence-corrected chi connectivity index (χ4v) is 2.74. The first-order valence-corrected chi connectivity index (χ1v) is 7.75. The first-order chi connectivity index (χ1) is 9.50. The second-order valence-electron chi connectivity index (χ2n) is 6.12. The van der Waals surface area contributed by atoms with E-state index < -0.39 is 11.9 Å². The molecule has 0 aromatic rings. The van der Waals surface area contributed by atoms with E-state index >= 15 is 0 Å². The summed E-state index contributed by atoms with van der Waals surface area (Å²) in [5.41, 5.74) is 0. The third-order valence-corrected chi connectivity index (χ3v) is 4.17. The number of carbonyl (C=O) groups is 2. The zero-order valence-corrected chi connectivity index (χ0v) is 12.7. The van der Waals surface area contributed by atoms with Gasteiger partial charge in [0.05, 0.1) is 5.92 Å². The Morgan fingerprint density at radius 1 is 1.15 bits per heavy atom. The lowest BCUT2D eigenvalue weighted by molar-refractivity contribution is -0.142. The van der Waals surface area contributed by atoms with E-state index in [1.807, 2.05) is 13.8 Å². The van der Waals surface area contributed by atoms with Gasteiger partial charge in [-0.15, -0.1) is 0 Å². The van der Waals surface area contributed by atoms with Crippen LogP contribution in [-0.2, 0) is 4.79 Å². The van der Waals surface area contributed by atoms with Crippen LogP contribution in [0.25, 0.3) is 0 Å². The number of aliphatic carboxylic acids is 1. The quantitative estimate of drug-likeness (QED) is 0.672. The lowest BCUT2D eigenvalue weighted by Gasteiger charge is -2.21. The number of carboxylic acids is 1. The zero-order chi connectivity index (χ0) is 15.0. The zero-order valence-electron chi connectivity index (χ0n) is 12.7. The minimum atomic E-state index is -0.859. The van der Waals surface area contributed by atoms with Crippen LogP contribution in [0.5, 0.6) is 0 Å². The third-order valence-electron chi connectivity index (χ3n) is 4.17. The number of urea groups is 1. The van der Waals surface area contributed by atoms with E-state index in [1.165, 1.54) is 32.1 Å². The molecule has 1 saturated carbocycles. The Morgan fingerprint density at radius 2 is 1.80 bits per heavy atom. The van der Waals surface area contributed by atoms with Gasteiger partial charge in [0, 0.05) is 13.1 Å². The van der Waals surface area contributed by atoms with Crippen LogP contribution in [0.2, 0.25) is 0 Å². The summed E-state index contributed by atoms with van der Waals surface area (Å²) in [6.07, 6.45) is 7.54. The standard InChI is InChI=1S/C15H28N2O3/c1-11(2)13(14(18)19)10-17-15(20)16-9-8-12-6-4-3-5-7-12/h11-13H,3-10H2,1-2H3,(H,18,19)(H2,16,17,20). The summed E-state index contributed by atoms with van der Waals surface area (Å²) in [6.45, 7) is 4.56. The molecule has 0 saturated heterocycles. The Hall–Kier alpha value is -1.26. The van der Waals surface area contributed by atoms with Gasteiger partial charge in [-0.1, -0.05) is 46.0 Å². The average molecular weight is 284 g/mol. The van der Waals surface area contributed by atoms with E-state index in [0.29, 0.717) is 6.54 Å². The highest BCUT2D eigenvalue weighted by atomic mass is 16.4.